The van der Waals surface area contributed by atoms with E-state index in [4.69, 9.17) is 4.84 Å². The third-order valence-electron chi connectivity index (χ3n) is 4.45. The van der Waals surface area contributed by atoms with Crippen LogP contribution in [-0.2, 0) is 4.84 Å². The molecule has 132 valence electrons. The van der Waals surface area contributed by atoms with E-state index in [-0.39, 0.29) is 0 Å². The predicted octanol–water partition coefficient (Wildman–Crippen LogP) is 4.78. The summed E-state index contributed by atoms with van der Waals surface area (Å²) < 4.78 is 0. The van der Waals surface area contributed by atoms with Crippen LogP contribution in [0.5, 0.6) is 0 Å². The van der Waals surface area contributed by atoms with Crippen molar-refractivity contribution < 1.29 is 4.84 Å². The number of rotatable bonds is 8. The third-order valence-corrected chi connectivity index (χ3v) is 4.45. The molecule has 0 bridgehead atoms. The molecule has 0 fully saturated rings. The molecule has 0 amide bonds. The van der Waals surface area contributed by atoms with E-state index >= 15 is 0 Å². The topological polar surface area (TPSA) is 24.5 Å². The van der Waals surface area contributed by atoms with E-state index in [0.29, 0.717) is 18.7 Å². The van der Waals surface area contributed by atoms with Gasteiger partial charge in [-0.3, -0.25) is 15.2 Å². The molecule has 2 rings (SSSR count). The van der Waals surface area contributed by atoms with Crippen molar-refractivity contribution >= 4 is 6.08 Å². The lowest BCUT2D eigenvalue weighted by atomic mass is 9.97. The van der Waals surface area contributed by atoms with Crippen LogP contribution in [0.15, 0.2) is 47.7 Å². The Kier molecular flexibility index (Phi) is 7.54. The minimum Gasteiger partial charge on any atom is -0.296 e. The number of hydrogen-bond acceptors (Lipinski definition) is 3. The highest BCUT2D eigenvalue weighted by atomic mass is 16.6. The molecule has 0 saturated heterocycles. The van der Waals surface area contributed by atoms with Gasteiger partial charge in [0.25, 0.3) is 0 Å². The van der Waals surface area contributed by atoms with E-state index in [1.807, 2.05) is 0 Å². The quantitative estimate of drug-likeness (QED) is 0.549. The third kappa shape index (κ3) is 5.81. The summed E-state index contributed by atoms with van der Waals surface area (Å²) >= 11 is 0. The fraction of sp³-hybridized carbons (Fsp3) is 0.524. The van der Waals surface area contributed by atoms with Crippen LogP contribution >= 0.6 is 0 Å². The highest BCUT2D eigenvalue weighted by Crippen LogP contribution is 2.24. The van der Waals surface area contributed by atoms with Gasteiger partial charge in [0.05, 0.1) is 12.3 Å². The van der Waals surface area contributed by atoms with Crippen LogP contribution in [0.2, 0.25) is 0 Å². The van der Waals surface area contributed by atoms with Gasteiger partial charge < -0.3 is 0 Å². The molecular weight excluding hydrogens is 296 g/mol. The first-order chi connectivity index (χ1) is 11.6. The van der Waals surface area contributed by atoms with Gasteiger partial charge in [0, 0.05) is 18.6 Å². The second kappa shape index (κ2) is 9.65. The van der Waals surface area contributed by atoms with E-state index in [1.54, 1.807) is 0 Å². The average molecular weight is 329 g/mol. The molecule has 0 heterocycles. The van der Waals surface area contributed by atoms with Crippen LogP contribution in [0.3, 0.4) is 0 Å². The zero-order valence-corrected chi connectivity index (χ0v) is 15.6. The van der Waals surface area contributed by atoms with Crippen LogP contribution in [0.4, 0.5) is 0 Å². The number of benzene rings is 1. The predicted molar refractivity (Wildman–Crippen MR) is 102 cm³/mol. The Bertz CT molecular complexity index is 538. The van der Waals surface area contributed by atoms with Crippen molar-refractivity contribution in [1.82, 2.24) is 10.4 Å². The summed E-state index contributed by atoms with van der Waals surface area (Å²) in [4.78, 5) is 8.21. The van der Waals surface area contributed by atoms with Gasteiger partial charge in [-0.2, -0.15) is 0 Å². The first-order valence-electron chi connectivity index (χ1n) is 9.17. The Hall–Kier alpha value is -1.58. The lowest BCUT2D eigenvalue weighted by Crippen LogP contribution is -2.40. The number of hydroxylamine groups is 1. The van der Waals surface area contributed by atoms with Crippen LogP contribution in [0.1, 0.15) is 52.5 Å². The molecule has 3 heteroatoms. The summed E-state index contributed by atoms with van der Waals surface area (Å²) in [7, 11) is 0. The molecule has 0 atom stereocenters. The van der Waals surface area contributed by atoms with E-state index in [2.05, 4.69) is 80.6 Å². The summed E-state index contributed by atoms with van der Waals surface area (Å²) in [6, 6.07) is 11.6. The Morgan fingerprint density at radius 3 is 2.50 bits per heavy atom. The van der Waals surface area contributed by atoms with Crippen LogP contribution in [-0.4, -0.2) is 30.1 Å². The molecular formula is C21H32N2O. The molecule has 1 aromatic carbocycles. The molecule has 1 aliphatic carbocycles. The van der Waals surface area contributed by atoms with E-state index in [0.717, 1.165) is 25.1 Å². The second-order valence-corrected chi connectivity index (χ2v) is 6.97. The second-order valence-electron chi connectivity index (χ2n) is 6.97. The van der Waals surface area contributed by atoms with Gasteiger partial charge in [-0.25, -0.2) is 0 Å². The Balaban J connectivity index is 1.88. The summed E-state index contributed by atoms with van der Waals surface area (Å²) in [6.07, 6.45) is 7.93. The molecule has 0 radical (unpaired) electrons. The zero-order chi connectivity index (χ0) is 17.4. The SMILES string of the molecule is CC(C)N(CCONC1=CCCCC1=Cc1ccccc1)C(C)C. The fourth-order valence-corrected chi connectivity index (χ4v) is 3.20. The lowest BCUT2D eigenvalue weighted by molar-refractivity contribution is 0.0317. The van der Waals surface area contributed by atoms with Crippen molar-refractivity contribution in [2.75, 3.05) is 13.2 Å². The maximum absolute atomic E-state index is 5.77. The van der Waals surface area contributed by atoms with Crippen molar-refractivity contribution in [1.29, 1.82) is 0 Å². The normalized spacial score (nSPS) is 17.0. The molecule has 1 N–H and O–H groups in total. The maximum Gasteiger partial charge on any atom is 0.0873 e. The Morgan fingerprint density at radius 1 is 1.12 bits per heavy atom. The minimum atomic E-state index is 0.538. The van der Waals surface area contributed by atoms with Gasteiger partial charge in [-0.05, 0) is 64.2 Å². The first kappa shape index (κ1) is 18.8. The zero-order valence-electron chi connectivity index (χ0n) is 15.6. The molecule has 0 saturated carbocycles. The number of nitrogens with zero attached hydrogens (tertiary/aromatic N) is 1. The minimum absolute atomic E-state index is 0.538. The molecule has 3 nitrogen and oxygen atoms in total. The Labute approximate surface area is 147 Å². The van der Waals surface area contributed by atoms with Crippen molar-refractivity contribution in [3.05, 3.63) is 53.2 Å². The number of hydrogen-bond donors (Lipinski definition) is 1. The van der Waals surface area contributed by atoms with Gasteiger partial charge >= 0.3 is 0 Å². The van der Waals surface area contributed by atoms with Crippen LogP contribution in [0, 0.1) is 0 Å². The van der Waals surface area contributed by atoms with Gasteiger partial charge in [-0.1, -0.05) is 36.4 Å². The molecule has 1 aromatic rings. The van der Waals surface area contributed by atoms with Gasteiger partial charge in [-0.15, -0.1) is 0 Å². The largest absolute Gasteiger partial charge is 0.296 e. The van der Waals surface area contributed by atoms with Gasteiger partial charge in [0.15, 0.2) is 0 Å². The average Bonchev–Trinajstić information content (AvgIpc) is 2.56. The summed E-state index contributed by atoms with van der Waals surface area (Å²) in [6.45, 7) is 10.6. The van der Waals surface area contributed by atoms with Crippen molar-refractivity contribution in [2.45, 2.75) is 59.0 Å². The standard InChI is InChI=1S/C21H32N2O/c1-17(2)23(18(3)4)14-15-24-22-21-13-9-8-12-20(21)16-19-10-6-5-7-11-19/h5-7,10-11,13,16-18,22H,8-9,12,14-15H2,1-4H3. The molecule has 0 unspecified atom stereocenters. The van der Waals surface area contributed by atoms with Gasteiger partial charge in [0.1, 0.15) is 0 Å². The Morgan fingerprint density at radius 2 is 1.83 bits per heavy atom. The van der Waals surface area contributed by atoms with E-state index in [9.17, 15) is 0 Å². The van der Waals surface area contributed by atoms with E-state index in [1.165, 1.54) is 17.6 Å². The smallest absolute Gasteiger partial charge is 0.0873 e. The summed E-state index contributed by atoms with van der Waals surface area (Å²) in [5, 5.41) is 0. The fourth-order valence-electron chi connectivity index (χ4n) is 3.20. The summed E-state index contributed by atoms with van der Waals surface area (Å²) in [5.74, 6) is 0. The highest BCUT2D eigenvalue weighted by Gasteiger charge is 2.14. The number of allylic oxidation sites excluding steroid dienone is 2. The summed E-state index contributed by atoms with van der Waals surface area (Å²) in [5.41, 5.74) is 6.90. The number of nitrogens with one attached hydrogen (secondary N) is 1. The van der Waals surface area contributed by atoms with E-state index < -0.39 is 0 Å². The molecule has 0 aliphatic heterocycles. The van der Waals surface area contributed by atoms with Crippen molar-refractivity contribution in [3.63, 3.8) is 0 Å². The molecule has 0 spiro atoms. The van der Waals surface area contributed by atoms with Crippen LogP contribution < -0.4 is 5.48 Å². The van der Waals surface area contributed by atoms with Gasteiger partial charge in [0.2, 0.25) is 0 Å². The lowest BCUT2D eigenvalue weighted by Gasteiger charge is -2.30. The van der Waals surface area contributed by atoms with Crippen molar-refractivity contribution in [3.8, 4) is 0 Å². The van der Waals surface area contributed by atoms with Crippen molar-refractivity contribution in [2.24, 2.45) is 0 Å². The molecule has 0 aromatic heterocycles. The highest BCUT2D eigenvalue weighted by molar-refractivity contribution is 5.58. The maximum atomic E-state index is 5.77. The first-order valence-corrected chi connectivity index (χ1v) is 9.17. The molecule has 1 aliphatic rings. The molecule has 24 heavy (non-hydrogen) atoms. The van der Waals surface area contributed by atoms with Crippen LogP contribution in [0.25, 0.3) is 6.08 Å². The monoisotopic (exact) mass is 328 g/mol.